The molecule has 0 aliphatic carbocycles. The number of hydrogen-bond acceptors (Lipinski definition) is 6. The molecule has 0 saturated heterocycles. The first kappa shape index (κ1) is 33.3. The predicted molar refractivity (Wildman–Crippen MR) is 172 cm³/mol. The summed E-state index contributed by atoms with van der Waals surface area (Å²) >= 11 is 0. The van der Waals surface area contributed by atoms with Crippen LogP contribution in [0.3, 0.4) is 0 Å². The fourth-order valence-corrected chi connectivity index (χ4v) is 4.81. The first-order valence-electron chi connectivity index (χ1n) is 15.5. The van der Waals surface area contributed by atoms with Crippen LogP contribution in [0.25, 0.3) is 10.8 Å². The van der Waals surface area contributed by atoms with Crippen LogP contribution in [0.4, 0.5) is 0 Å². The largest absolute Gasteiger partial charge is 0.497 e. The second-order valence-corrected chi connectivity index (χ2v) is 10.7. The van der Waals surface area contributed by atoms with E-state index in [4.69, 9.17) is 9.47 Å². The number of hydrogen-bond donors (Lipinski definition) is 2. The Morgan fingerprint density at radius 2 is 1.42 bits per heavy atom. The average Bonchev–Trinajstić information content (AvgIpc) is 3.03. The SMILES string of the molecule is CCCCCCCCCCCCCC(=O)NCC(=O)N/N=C/c1c(OC(=O)c2ccc(OC)cc2)ccc2ccccc12. The molecule has 0 bridgehead atoms. The standard InChI is InChI=1S/C35H45N3O5/c1-3-4-5-6-7-8-9-10-11-12-13-18-33(39)36-26-34(40)38-37-25-31-30-17-15-14-16-27(30)21-24-32(31)43-35(41)28-19-22-29(42-2)23-20-28/h14-17,19-25H,3-13,18,26H2,1-2H3,(H,36,39)(H,38,40)/b37-25+. The van der Waals surface area contributed by atoms with Gasteiger partial charge in [0, 0.05) is 12.0 Å². The summed E-state index contributed by atoms with van der Waals surface area (Å²) in [4.78, 5) is 37.3. The van der Waals surface area contributed by atoms with Crippen LogP contribution in [0.1, 0.15) is 99.9 Å². The zero-order chi connectivity index (χ0) is 30.7. The summed E-state index contributed by atoms with van der Waals surface area (Å²) in [5.41, 5.74) is 3.36. The van der Waals surface area contributed by atoms with Crippen molar-refractivity contribution in [2.45, 2.75) is 84.0 Å². The number of ether oxygens (including phenoxy) is 2. The minimum atomic E-state index is -0.530. The van der Waals surface area contributed by atoms with Gasteiger partial charge in [-0.2, -0.15) is 5.10 Å². The normalized spacial score (nSPS) is 11.0. The van der Waals surface area contributed by atoms with E-state index in [0.29, 0.717) is 29.0 Å². The van der Waals surface area contributed by atoms with Crippen molar-refractivity contribution in [3.63, 3.8) is 0 Å². The van der Waals surface area contributed by atoms with Crippen molar-refractivity contribution in [1.29, 1.82) is 0 Å². The summed E-state index contributed by atoms with van der Waals surface area (Å²) in [5, 5.41) is 8.47. The van der Waals surface area contributed by atoms with E-state index in [1.807, 2.05) is 30.3 Å². The van der Waals surface area contributed by atoms with Crippen LogP contribution in [-0.2, 0) is 9.59 Å². The van der Waals surface area contributed by atoms with Crippen molar-refractivity contribution in [1.82, 2.24) is 10.7 Å². The van der Waals surface area contributed by atoms with Crippen molar-refractivity contribution in [2.24, 2.45) is 5.10 Å². The molecule has 43 heavy (non-hydrogen) atoms. The van der Waals surface area contributed by atoms with E-state index >= 15 is 0 Å². The molecule has 0 unspecified atom stereocenters. The highest BCUT2D eigenvalue weighted by Crippen LogP contribution is 2.27. The molecule has 0 aromatic heterocycles. The lowest BCUT2D eigenvalue weighted by molar-refractivity contribution is -0.126. The number of esters is 1. The Morgan fingerprint density at radius 1 is 0.767 bits per heavy atom. The summed E-state index contributed by atoms with van der Waals surface area (Å²) in [6, 6.07) is 17.8. The van der Waals surface area contributed by atoms with E-state index in [2.05, 4.69) is 22.8 Å². The fraction of sp³-hybridized carbons (Fsp3) is 0.429. The molecule has 0 aliphatic heterocycles. The van der Waals surface area contributed by atoms with Gasteiger partial charge in [-0.15, -0.1) is 0 Å². The van der Waals surface area contributed by atoms with Gasteiger partial charge in [-0.25, -0.2) is 10.2 Å². The summed E-state index contributed by atoms with van der Waals surface area (Å²) in [5.74, 6) is -0.177. The zero-order valence-electron chi connectivity index (χ0n) is 25.5. The molecule has 8 nitrogen and oxygen atoms in total. The topological polar surface area (TPSA) is 106 Å². The zero-order valence-corrected chi connectivity index (χ0v) is 25.5. The van der Waals surface area contributed by atoms with Gasteiger partial charge < -0.3 is 14.8 Å². The van der Waals surface area contributed by atoms with E-state index in [-0.39, 0.29) is 12.5 Å². The maximum absolute atomic E-state index is 12.8. The number of carbonyl (C=O) groups is 3. The molecule has 3 aromatic carbocycles. The Labute approximate surface area is 255 Å². The number of nitrogens with one attached hydrogen (secondary N) is 2. The molecule has 0 fully saturated rings. The minimum absolute atomic E-state index is 0.142. The van der Waals surface area contributed by atoms with Gasteiger partial charge in [-0.3, -0.25) is 9.59 Å². The number of carbonyl (C=O) groups excluding carboxylic acids is 3. The Hall–Kier alpha value is -4.20. The highest BCUT2D eigenvalue weighted by molar-refractivity contribution is 6.04. The van der Waals surface area contributed by atoms with Gasteiger partial charge in [0.2, 0.25) is 5.91 Å². The van der Waals surface area contributed by atoms with Crippen molar-refractivity contribution >= 4 is 34.8 Å². The number of benzene rings is 3. The highest BCUT2D eigenvalue weighted by Gasteiger charge is 2.14. The Morgan fingerprint density at radius 3 is 2.09 bits per heavy atom. The maximum Gasteiger partial charge on any atom is 0.343 e. The molecule has 0 spiro atoms. The lowest BCUT2D eigenvalue weighted by Gasteiger charge is -2.11. The third-order valence-corrected chi connectivity index (χ3v) is 7.30. The fourth-order valence-electron chi connectivity index (χ4n) is 4.81. The van der Waals surface area contributed by atoms with Crippen molar-refractivity contribution in [3.8, 4) is 11.5 Å². The van der Waals surface area contributed by atoms with Crippen molar-refractivity contribution in [3.05, 3.63) is 71.8 Å². The Balaban J connectivity index is 1.43. The number of unbranched alkanes of at least 4 members (excludes halogenated alkanes) is 10. The van der Waals surface area contributed by atoms with Crippen LogP contribution >= 0.6 is 0 Å². The van der Waals surface area contributed by atoms with Crippen LogP contribution in [-0.4, -0.2) is 37.7 Å². The van der Waals surface area contributed by atoms with Gasteiger partial charge >= 0.3 is 5.97 Å². The molecule has 0 atom stereocenters. The number of rotatable bonds is 19. The van der Waals surface area contributed by atoms with Crippen LogP contribution in [0.15, 0.2) is 65.8 Å². The molecule has 3 rings (SSSR count). The summed E-state index contributed by atoms with van der Waals surface area (Å²) < 4.78 is 10.8. The smallest absolute Gasteiger partial charge is 0.343 e. The van der Waals surface area contributed by atoms with E-state index in [9.17, 15) is 14.4 Å². The third-order valence-electron chi connectivity index (χ3n) is 7.30. The first-order valence-corrected chi connectivity index (χ1v) is 15.5. The molecule has 2 amide bonds. The van der Waals surface area contributed by atoms with E-state index in [1.54, 1.807) is 37.4 Å². The average molecular weight is 588 g/mol. The Kier molecular flexibility index (Phi) is 14.8. The number of hydrazone groups is 1. The minimum Gasteiger partial charge on any atom is -0.497 e. The van der Waals surface area contributed by atoms with Gasteiger partial charge in [0.1, 0.15) is 11.5 Å². The molecule has 0 saturated carbocycles. The number of amides is 2. The van der Waals surface area contributed by atoms with Gasteiger partial charge in [0.15, 0.2) is 0 Å². The number of methoxy groups -OCH3 is 1. The quantitative estimate of drug-likeness (QED) is 0.0502. The highest BCUT2D eigenvalue weighted by atomic mass is 16.5. The third kappa shape index (κ3) is 11.9. The maximum atomic E-state index is 12.8. The predicted octanol–water partition coefficient (Wildman–Crippen LogP) is 7.34. The van der Waals surface area contributed by atoms with E-state index < -0.39 is 11.9 Å². The summed E-state index contributed by atoms with van der Waals surface area (Å²) in [6.07, 6.45) is 15.3. The molecule has 0 radical (unpaired) electrons. The number of nitrogens with zero attached hydrogens (tertiary/aromatic N) is 1. The van der Waals surface area contributed by atoms with Crippen molar-refractivity contribution in [2.75, 3.05) is 13.7 Å². The molecule has 0 heterocycles. The van der Waals surface area contributed by atoms with E-state index in [1.165, 1.54) is 57.6 Å². The molecule has 230 valence electrons. The van der Waals surface area contributed by atoms with Crippen LogP contribution in [0.2, 0.25) is 0 Å². The van der Waals surface area contributed by atoms with Gasteiger partial charge in [0.05, 0.1) is 25.4 Å². The molecule has 8 heteroatoms. The lowest BCUT2D eigenvalue weighted by atomic mass is 10.0. The molecule has 0 aliphatic rings. The van der Waals surface area contributed by atoms with Crippen molar-refractivity contribution < 1.29 is 23.9 Å². The second kappa shape index (κ2) is 19.1. The Bertz CT molecular complexity index is 1340. The summed E-state index contributed by atoms with van der Waals surface area (Å²) in [6.45, 7) is 2.07. The first-order chi connectivity index (χ1) is 21.0. The molecular formula is C35H45N3O5. The van der Waals surface area contributed by atoms with Gasteiger partial charge in [0.25, 0.3) is 5.91 Å². The van der Waals surface area contributed by atoms with Gasteiger partial charge in [-0.1, -0.05) is 101 Å². The van der Waals surface area contributed by atoms with Crippen LogP contribution < -0.4 is 20.2 Å². The number of fused-ring (bicyclic) bond motifs is 1. The molecular weight excluding hydrogens is 542 g/mol. The second-order valence-electron chi connectivity index (χ2n) is 10.7. The molecule has 3 aromatic rings. The monoisotopic (exact) mass is 587 g/mol. The van der Waals surface area contributed by atoms with E-state index in [0.717, 1.165) is 30.0 Å². The molecule has 2 N–H and O–H groups in total. The lowest BCUT2D eigenvalue weighted by Crippen LogP contribution is -2.34. The van der Waals surface area contributed by atoms with Gasteiger partial charge in [-0.05, 0) is 47.5 Å². The van der Waals surface area contributed by atoms with Crippen LogP contribution in [0, 0.1) is 0 Å². The van der Waals surface area contributed by atoms with Crippen LogP contribution in [0.5, 0.6) is 11.5 Å². The summed E-state index contributed by atoms with van der Waals surface area (Å²) in [7, 11) is 1.56.